The van der Waals surface area contributed by atoms with Gasteiger partial charge in [0.15, 0.2) is 0 Å². The predicted octanol–water partition coefficient (Wildman–Crippen LogP) is 3.41. The Bertz CT molecular complexity index is 580. The van der Waals surface area contributed by atoms with Crippen molar-refractivity contribution in [3.8, 4) is 0 Å². The van der Waals surface area contributed by atoms with Crippen LogP contribution in [0.5, 0.6) is 0 Å². The van der Waals surface area contributed by atoms with Gasteiger partial charge in [-0.05, 0) is 43.4 Å². The summed E-state index contributed by atoms with van der Waals surface area (Å²) in [7, 11) is 0. The van der Waals surface area contributed by atoms with E-state index in [-0.39, 0.29) is 11.8 Å². The maximum absolute atomic E-state index is 12.5. The minimum atomic E-state index is -0.426. The standard InChI is InChI=1S/C18H23BrN2O2/c19-14-7-3-6-13(11-14)17(22)21-16(10-12-4-1-2-5-12)18(23)20-15-8-9-15/h3,6-7,11-12,15-16H,1-2,4-5,8-10H2,(H,20,23)(H,21,22)/t16-/m0/s1. The Labute approximate surface area is 145 Å². The highest BCUT2D eigenvalue weighted by atomic mass is 79.9. The molecule has 0 radical (unpaired) electrons. The van der Waals surface area contributed by atoms with Crippen molar-refractivity contribution in [2.75, 3.05) is 0 Å². The lowest BCUT2D eigenvalue weighted by atomic mass is 9.97. The number of hydrogen-bond donors (Lipinski definition) is 2. The van der Waals surface area contributed by atoms with E-state index in [1.54, 1.807) is 12.1 Å². The number of benzene rings is 1. The molecule has 1 aromatic carbocycles. The van der Waals surface area contributed by atoms with Gasteiger partial charge in [-0.2, -0.15) is 0 Å². The third-order valence-corrected chi connectivity index (χ3v) is 5.17. The molecule has 1 atom stereocenters. The molecule has 2 saturated carbocycles. The van der Waals surface area contributed by atoms with Crippen molar-refractivity contribution in [2.24, 2.45) is 5.92 Å². The molecule has 0 saturated heterocycles. The van der Waals surface area contributed by atoms with Crippen LogP contribution in [0.25, 0.3) is 0 Å². The van der Waals surface area contributed by atoms with E-state index in [2.05, 4.69) is 26.6 Å². The molecule has 1 aromatic rings. The molecule has 2 fully saturated rings. The van der Waals surface area contributed by atoms with Gasteiger partial charge in [0.25, 0.3) is 5.91 Å². The van der Waals surface area contributed by atoms with Crippen LogP contribution in [0, 0.1) is 5.92 Å². The van der Waals surface area contributed by atoms with Crippen LogP contribution >= 0.6 is 15.9 Å². The van der Waals surface area contributed by atoms with Crippen LogP contribution in [-0.4, -0.2) is 23.9 Å². The van der Waals surface area contributed by atoms with E-state index in [0.29, 0.717) is 17.5 Å². The fraction of sp³-hybridized carbons (Fsp3) is 0.556. The van der Waals surface area contributed by atoms with E-state index in [4.69, 9.17) is 0 Å². The zero-order valence-electron chi connectivity index (χ0n) is 13.2. The normalized spacial score (nSPS) is 19.3. The molecule has 2 N–H and O–H groups in total. The van der Waals surface area contributed by atoms with Gasteiger partial charge in [-0.1, -0.05) is 47.7 Å². The van der Waals surface area contributed by atoms with E-state index in [1.807, 2.05) is 12.1 Å². The Morgan fingerprint density at radius 3 is 2.57 bits per heavy atom. The molecule has 0 bridgehead atoms. The van der Waals surface area contributed by atoms with Gasteiger partial charge in [0.2, 0.25) is 5.91 Å². The lowest BCUT2D eigenvalue weighted by molar-refractivity contribution is -0.123. The first-order valence-corrected chi connectivity index (χ1v) is 9.28. The first-order chi connectivity index (χ1) is 11.1. The molecule has 5 heteroatoms. The minimum absolute atomic E-state index is 0.0252. The van der Waals surface area contributed by atoms with Gasteiger partial charge in [-0.15, -0.1) is 0 Å². The highest BCUT2D eigenvalue weighted by molar-refractivity contribution is 9.10. The van der Waals surface area contributed by atoms with Crippen molar-refractivity contribution in [3.63, 3.8) is 0 Å². The maximum Gasteiger partial charge on any atom is 0.251 e. The first kappa shape index (κ1) is 16.5. The van der Waals surface area contributed by atoms with Gasteiger partial charge in [0.05, 0.1) is 0 Å². The zero-order chi connectivity index (χ0) is 16.2. The zero-order valence-corrected chi connectivity index (χ0v) is 14.8. The number of amides is 2. The van der Waals surface area contributed by atoms with Gasteiger partial charge in [-0.25, -0.2) is 0 Å². The second-order valence-electron chi connectivity index (χ2n) is 6.71. The number of halogens is 1. The number of hydrogen-bond acceptors (Lipinski definition) is 2. The molecule has 0 aliphatic heterocycles. The monoisotopic (exact) mass is 378 g/mol. The first-order valence-electron chi connectivity index (χ1n) is 8.48. The summed E-state index contributed by atoms with van der Waals surface area (Å²) in [4.78, 5) is 25.0. The van der Waals surface area contributed by atoms with E-state index < -0.39 is 6.04 Å². The summed E-state index contributed by atoms with van der Waals surface area (Å²) in [6, 6.07) is 7.15. The molecule has 2 aliphatic rings. The second kappa shape index (κ2) is 7.47. The molecular weight excluding hydrogens is 356 g/mol. The Kier molecular flexibility index (Phi) is 5.36. The summed E-state index contributed by atoms with van der Waals surface area (Å²) in [6.45, 7) is 0. The summed E-state index contributed by atoms with van der Waals surface area (Å²) in [5, 5.41) is 5.98. The van der Waals surface area contributed by atoms with Gasteiger partial charge in [-0.3, -0.25) is 9.59 Å². The highest BCUT2D eigenvalue weighted by Crippen LogP contribution is 2.29. The lowest BCUT2D eigenvalue weighted by Crippen LogP contribution is -2.48. The average molecular weight is 379 g/mol. The fourth-order valence-electron chi connectivity index (χ4n) is 3.21. The Balaban J connectivity index is 1.65. The molecule has 0 heterocycles. The van der Waals surface area contributed by atoms with Crippen molar-refractivity contribution in [1.29, 1.82) is 0 Å². The van der Waals surface area contributed by atoms with Crippen molar-refractivity contribution in [2.45, 2.75) is 57.0 Å². The third kappa shape index (κ3) is 4.80. The summed E-state index contributed by atoms with van der Waals surface area (Å²) < 4.78 is 0.861. The van der Waals surface area contributed by atoms with Crippen LogP contribution in [0.15, 0.2) is 28.7 Å². The van der Waals surface area contributed by atoms with E-state index in [9.17, 15) is 9.59 Å². The van der Waals surface area contributed by atoms with Crippen LogP contribution in [0.3, 0.4) is 0 Å². The molecule has 2 aliphatic carbocycles. The van der Waals surface area contributed by atoms with Crippen LogP contribution in [0.1, 0.15) is 55.3 Å². The van der Waals surface area contributed by atoms with Crippen molar-refractivity contribution < 1.29 is 9.59 Å². The van der Waals surface area contributed by atoms with E-state index in [1.165, 1.54) is 25.7 Å². The van der Waals surface area contributed by atoms with Crippen LogP contribution in [0.4, 0.5) is 0 Å². The molecule has 0 aromatic heterocycles. The van der Waals surface area contributed by atoms with Crippen molar-refractivity contribution >= 4 is 27.7 Å². The Morgan fingerprint density at radius 1 is 1.17 bits per heavy atom. The number of rotatable bonds is 6. The van der Waals surface area contributed by atoms with Gasteiger partial charge < -0.3 is 10.6 Å². The molecule has 2 amide bonds. The number of nitrogens with one attached hydrogen (secondary N) is 2. The lowest BCUT2D eigenvalue weighted by Gasteiger charge is -2.21. The van der Waals surface area contributed by atoms with Gasteiger partial charge >= 0.3 is 0 Å². The number of carbonyl (C=O) groups excluding carboxylic acids is 2. The van der Waals surface area contributed by atoms with Gasteiger partial charge in [0, 0.05) is 16.1 Å². The predicted molar refractivity (Wildman–Crippen MR) is 93.1 cm³/mol. The third-order valence-electron chi connectivity index (χ3n) is 4.68. The number of carbonyl (C=O) groups is 2. The van der Waals surface area contributed by atoms with Crippen LogP contribution in [0.2, 0.25) is 0 Å². The molecule has 3 rings (SSSR count). The van der Waals surface area contributed by atoms with Crippen LogP contribution < -0.4 is 10.6 Å². The van der Waals surface area contributed by atoms with Gasteiger partial charge in [0.1, 0.15) is 6.04 Å². The van der Waals surface area contributed by atoms with E-state index >= 15 is 0 Å². The molecule has 23 heavy (non-hydrogen) atoms. The molecule has 0 spiro atoms. The van der Waals surface area contributed by atoms with Crippen molar-refractivity contribution in [3.05, 3.63) is 34.3 Å². The maximum atomic E-state index is 12.5. The fourth-order valence-corrected chi connectivity index (χ4v) is 3.61. The van der Waals surface area contributed by atoms with Crippen molar-refractivity contribution in [1.82, 2.24) is 10.6 Å². The smallest absolute Gasteiger partial charge is 0.251 e. The largest absolute Gasteiger partial charge is 0.352 e. The van der Waals surface area contributed by atoms with E-state index in [0.717, 1.165) is 23.7 Å². The topological polar surface area (TPSA) is 58.2 Å². The molecule has 124 valence electrons. The average Bonchev–Trinajstić information content (AvgIpc) is 3.19. The summed E-state index contributed by atoms with van der Waals surface area (Å²) >= 11 is 3.38. The molecule has 0 unspecified atom stereocenters. The summed E-state index contributed by atoms with van der Waals surface area (Å²) in [5.41, 5.74) is 0.579. The molecular formula is C18H23BrN2O2. The molecule has 4 nitrogen and oxygen atoms in total. The SMILES string of the molecule is O=C(N[C@@H](CC1CCCC1)C(=O)NC1CC1)c1cccc(Br)c1. The quantitative estimate of drug-likeness (QED) is 0.796. The Morgan fingerprint density at radius 2 is 1.91 bits per heavy atom. The van der Waals surface area contributed by atoms with Crippen LogP contribution in [-0.2, 0) is 4.79 Å². The summed E-state index contributed by atoms with van der Waals surface area (Å²) in [6.07, 6.45) is 7.67. The highest BCUT2D eigenvalue weighted by Gasteiger charge is 2.31. The Hall–Kier alpha value is -1.36. The minimum Gasteiger partial charge on any atom is -0.352 e. The second-order valence-corrected chi connectivity index (χ2v) is 7.62. The summed E-state index contributed by atoms with van der Waals surface area (Å²) in [5.74, 6) is 0.343.